The van der Waals surface area contributed by atoms with Crippen LogP contribution in [0.2, 0.25) is 0 Å². The van der Waals surface area contributed by atoms with Gasteiger partial charge in [0.2, 0.25) is 10.0 Å². The van der Waals surface area contributed by atoms with Gasteiger partial charge in [-0.3, -0.25) is 4.98 Å². The van der Waals surface area contributed by atoms with E-state index >= 15 is 0 Å². The second-order valence-corrected chi connectivity index (χ2v) is 9.47. The quantitative estimate of drug-likeness (QED) is 0.780. The third-order valence-corrected chi connectivity index (χ3v) is 7.35. The largest absolute Gasteiger partial charge is 0.346 e. The molecule has 4 heterocycles. The average Bonchev–Trinajstić information content (AvgIpc) is 3.10. The van der Waals surface area contributed by atoms with Crippen molar-refractivity contribution in [3.05, 3.63) is 36.4 Å². The zero-order chi connectivity index (χ0) is 17.6. The molecule has 1 fully saturated rings. The van der Waals surface area contributed by atoms with Gasteiger partial charge < -0.3 is 4.98 Å². The van der Waals surface area contributed by atoms with Crippen LogP contribution < -0.4 is 0 Å². The molecule has 1 aliphatic rings. The van der Waals surface area contributed by atoms with Gasteiger partial charge in [0.1, 0.15) is 5.65 Å². The number of H-pyrrole nitrogens is 1. The fourth-order valence-electron chi connectivity index (χ4n) is 3.74. The third kappa shape index (κ3) is 2.71. The third-order valence-electron chi connectivity index (χ3n) is 5.11. The summed E-state index contributed by atoms with van der Waals surface area (Å²) in [4.78, 5) is 12.0. The summed E-state index contributed by atoms with van der Waals surface area (Å²) in [5.41, 5.74) is 1.97. The number of fused-ring (bicyclic) bond motifs is 3. The van der Waals surface area contributed by atoms with E-state index in [9.17, 15) is 8.42 Å². The fraction of sp³-hybridized carbons (Fsp3) is 0.444. The maximum Gasteiger partial charge on any atom is 0.216 e. The lowest BCUT2D eigenvalue weighted by Gasteiger charge is -2.33. The van der Waals surface area contributed by atoms with Gasteiger partial charge >= 0.3 is 0 Å². The molecule has 0 spiro atoms. The number of rotatable bonds is 3. The van der Waals surface area contributed by atoms with Crippen LogP contribution in [0.25, 0.3) is 21.8 Å². The highest BCUT2D eigenvalue weighted by Crippen LogP contribution is 2.35. The molecule has 0 aliphatic carbocycles. The molecule has 0 aromatic carbocycles. The minimum atomic E-state index is -3.23. The smallest absolute Gasteiger partial charge is 0.216 e. The minimum absolute atomic E-state index is 0.152. The lowest BCUT2D eigenvalue weighted by molar-refractivity contribution is 0.314. The Morgan fingerprint density at radius 3 is 2.92 bits per heavy atom. The molecule has 0 radical (unpaired) electrons. The van der Waals surface area contributed by atoms with E-state index in [0.29, 0.717) is 13.1 Å². The average molecular weight is 358 g/mol. The van der Waals surface area contributed by atoms with Gasteiger partial charge in [-0.15, -0.1) is 0 Å². The number of piperidine rings is 1. The normalized spacial score (nSPS) is 19.9. The summed E-state index contributed by atoms with van der Waals surface area (Å²) in [7, 11) is -3.23. The van der Waals surface area contributed by atoms with Crippen molar-refractivity contribution in [2.75, 3.05) is 13.1 Å². The van der Waals surface area contributed by atoms with E-state index < -0.39 is 15.3 Å². The van der Waals surface area contributed by atoms with E-state index in [1.807, 2.05) is 30.9 Å². The lowest BCUT2D eigenvalue weighted by Crippen LogP contribution is -2.42. The van der Waals surface area contributed by atoms with Crippen LogP contribution in [0, 0.1) is 0 Å². The van der Waals surface area contributed by atoms with Gasteiger partial charge in [-0.25, -0.2) is 17.7 Å². The predicted octanol–water partition coefficient (Wildman–Crippen LogP) is 3.03. The molecule has 7 heteroatoms. The SMILES string of the molecule is CC(C)S(=O)(=O)N1CCCC(c2cncc3cnc4[nH]ccc4c23)C1. The maximum atomic E-state index is 12.6. The van der Waals surface area contributed by atoms with Crippen molar-refractivity contribution in [3.63, 3.8) is 0 Å². The number of nitrogens with zero attached hydrogens (tertiary/aromatic N) is 3. The highest BCUT2D eigenvalue weighted by Gasteiger charge is 2.32. The van der Waals surface area contributed by atoms with Gasteiger partial charge in [0.15, 0.2) is 0 Å². The molecule has 1 unspecified atom stereocenters. The van der Waals surface area contributed by atoms with Crippen LogP contribution in [0.4, 0.5) is 0 Å². The number of sulfonamides is 1. The summed E-state index contributed by atoms with van der Waals surface area (Å²) in [6, 6.07) is 2.03. The van der Waals surface area contributed by atoms with Gasteiger partial charge in [0.05, 0.1) is 5.25 Å². The minimum Gasteiger partial charge on any atom is -0.346 e. The molecule has 0 bridgehead atoms. The van der Waals surface area contributed by atoms with Crippen LogP contribution in [-0.2, 0) is 10.0 Å². The Bertz CT molecular complexity index is 1030. The number of aromatic amines is 1. The molecule has 6 nitrogen and oxygen atoms in total. The van der Waals surface area contributed by atoms with E-state index in [4.69, 9.17) is 0 Å². The molecule has 25 heavy (non-hydrogen) atoms. The molecule has 0 amide bonds. The summed E-state index contributed by atoms with van der Waals surface area (Å²) >= 11 is 0. The topological polar surface area (TPSA) is 79.0 Å². The van der Waals surface area contributed by atoms with Gasteiger partial charge in [-0.05, 0) is 44.2 Å². The number of hydrogen-bond acceptors (Lipinski definition) is 4. The molecule has 3 aromatic heterocycles. The first-order chi connectivity index (χ1) is 12.0. The first kappa shape index (κ1) is 16.5. The molecule has 1 saturated heterocycles. The molecule has 0 saturated carbocycles. The summed E-state index contributed by atoms with van der Waals surface area (Å²) in [5.74, 6) is 0.152. The highest BCUT2D eigenvalue weighted by molar-refractivity contribution is 7.89. The van der Waals surface area contributed by atoms with Crippen LogP contribution in [0.1, 0.15) is 38.2 Å². The van der Waals surface area contributed by atoms with E-state index in [2.05, 4.69) is 15.0 Å². The van der Waals surface area contributed by atoms with E-state index in [0.717, 1.165) is 40.2 Å². The van der Waals surface area contributed by atoms with Crippen molar-refractivity contribution in [1.29, 1.82) is 0 Å². The Morgan fingerprint density at radius 2 is 2.12 bits per heavy atom. The van der Waals surface area contributed by atoms with Crippen LogP contribution >= 0.6 is 0 Å². The van der Waals surface area contributed by atoms with Crippen LogP contribution in [0.3, 0.4) is 0 Å². The molecular formula is C18H22N4O2S. The zero-order valence-electron chi connectivity index (χ0n) is 14.4. The zero-order valence-corrected chi connectivity index (χ0v) is 15.3. The van der Waals surface area contributed by atoms with Crippen molar-refractivity contribution >= 4 is 31.8 Å². The van der Waals surface area contributed by atoms with Gasteiger partial charge in [0.25, 0.3) is 0 Å². The Hall–Kier alpha value is -1.99. The van der Waals surface area contributed by atoms with E-state index in [1.165, 1.54) is 0 Å². The van der Waals surface area contributed by atoms with Crippen LogP contribution in [0.5, 0.6) is 0 Å². The molecule has 132 valence electrons. The van der Waals surface area contributed by atoms with Gasteiger partial charge in [-0.1, -0.05) is 0 Å². The maximum absolute atomic E-state index is 12.6. The monoisotopic (exact) mass is 358 g/mol. The number of nitrogens with one attached hydrogen (secondary N) is 1. The summed E-state index contributed by atoms with van der Waals surface area (Å²) in [5, 5.41) is 2.81. The van der Waals surface area contributed by atoms with Crippen LogP contribution in [-0.4, -0.2) is 46.0 Å². The fourth-order valence-corrected chi connectivity index (χ4v) is 5.11. The lowest BCUT2D eigenvalue weighted by atomic mass is 9.89. The molecule has 1 atom stereocenters. The van der Waals surface area contributed by atoms with Crippen molar-refractivity contribution in [2.45, 2.75) is 37.9 Å². The van der Waals surface area contributed by atoms with Gasteiger partial charge in [-0.2, -0.15) is 0 Å². The Kier molecular flexibility index (Phi) is 4.00. The van der Waals surface area contributed by atoms with Crippen molar-refractivity contribution < 1.29 is 8.42 Å². The molecule has 4 rings (SSSR count). The summed E-state index contributed by atoms with van der Waals surface area (Å²) in [6.45, 7) is 4.62. The molecular weight excluding hydrogens is 336 g/mol. The number of hydrogen-bond donors (Lipinski definition) is 1. The number of pyridine rings is 2. The van der Waals surface area contributed by atoms with Crippen molar-refractivity contribution in [2.24, 2.45) is 0 Å². The standard InChI is InChI=1S/C18H22N4O2S/c1-12(2)25(23,24)22-7-3-4-13(11-22)16-10-19-8-14-9-21-18-15(17(14)16)5-6-20-18/h5-6,8-10,12-13H,3-4,7,11H2,1-2H3,(H,20,21). The summed E-state index contributed by atoms with van der Waals surface area (Å²) in [6.07, 6.45) is 9.27. The van der Waals surface area contributed by atoms with Crippen LogP contribution in [0.15, 0.2) is 30.9 Å². The number of aromatic nitrogens is 3. The molecule has 1 aliphatic heterocycles. The second kappa shape index (κ2) is 6.07. The van der Waals surface area contributed by atoms with E-state index in [1.54, 1.807) is 18.2 Å². The Morgan fingerprint density at radius 1 is 1.28 bits per heavy atom. The summed E-state index contributed by atoms with van der Waals surface area (Å²) < 4.78 is 26.8. The van der Waals surface area contributed by atoms with E-state index in [-0.39, 0.29) is 5.92 Å². The van der Waals surface area contributed by atoms with Gasteiger partial charge in [0, 0.05) is 54.0 Å². The predicted molar refractivity (Wildman–Crippen MR) is 99.0 cm³/mol. The second-order valence-electron chi connectivity index (χ2n) is 6.98. The first-order valence-electron chi connectivity index (χ1n) is 8.67. The Balaban J connectivity index is 1.80. The highest BCUT2D eigenvalue weighted by atomic mass is 32.2. The molecule has 3 aromatic rings. The molecule has 1 N–H and O–H groups in total. The first-order valence-corrected chi connectivity index (χ1v) is 10.2. The Labute approximate surface area is 147 Å². The van der Waals surface area contributed by atoms with Crippen molar-refractivity contribution in [3.8, 4) is 0 Å². The van der Waals surface area contributed by atoms with Crippen molar-refractivity contribution in [1.82, 2.24) is 19.3 Å².